The molecule has 0 aromatic rings. The van der Waals surface area contributed by atoms with Crippen LogP contribution in [0.2, 0.25) is 6.04 Å². The molecule has 0 saturated heterocycles. The minimum Gasteiger partial charge on any atom is -0.461 e. The molecule has 1 unspecified atom stereocenters. The monoisotopic (exact) mass is 534 g/mol. The maximum atomic E-state index is 14.1. The molecule has 0 N–H and O–H groups in total. The lowest BCUT2D eigenvalue weighted by Gasteiger charge is -2.33. The van der Waals surface area contributed by atoms with Crippen LogP contribution in [0.5, 0.6) is 0 Å². The molecule has 0 rings (SSSR count). The predicted molar refractivity (Wildman–Crippen MR) is 87.9 cm³/mol. The Bertz CT molecular complexity index is 611. The molecule has 18 heteroatoms. The number of hydrogen-bond donors (Lipinski definition) is 0. The lowest BCUT2D eigenvalue weighted by atomic mass is 10.2. The second kappa shape index (κ2) is 11.5. The van der Waals surface area contributed by atoms with E-state index in [9.17, 15) is 53.1 Å². The molecule has 0 spiro atoms. The average molecular weight is 534 g/mol. The number of esters is 1. The molecule has 0 amide bonds. The summed E-state index contributed by atoms with van der Waals surface area (Å²) in [4.78, 5) is 11.5. The highest BCUT2D eigenvalue weighted by Gasteiger charge is 2.80. The third-order valence-electron chi connectivity index (χ3n) is 3.57. The van der Waals surface area contributed by atoms with Gasteiger partial charge in [-0.15, -0.1) is 0 Å². The number of hydrogen-bond acceptors (Lipinski definition) is 6. The first kappa shape index (κ1) is 31.8. The van der Waals surface area contributed by atoms with Crippen LogP contribution in [0.1, 0.15) is 27.2 Å². The first-order valence-corrected chi connectivity index (χ1v) is 11.1. The van der Waals surface area contributed by atoms with E-state index in [0.717, 1.165) is 0 Å². The van der Waals surface area contributed by atoms with Crippen molar-refractivity contribution in [3.05, 3.63) is 0 Å². The normalized spacial score (nSPS) is 15.9. The molecule has 0 aliphatic rings. The third-order valence-corrected chi connectivity index (χ3v) is 6.72. The van der Waals surface area contributed by atoms with Crippen molar-refractivity contribution in [2.45, 2.75) is 63.5 Å². The summed E-state index contributed by atoms with van der Waals surface area (Å²) >= 11 is 0. The SMILES string of the molecule is CCO[Si](CCCOC(=O)C(F)(OC(F)(F)C(F)(F)C(F)(F)F)C(F)(F)F)(OCC)OCC. The van der Waals surface area contributed by atoms with Crippen LogP contribution in [0, 0.1) is 0 Å². The Morgan fingerprint density at radius 1 is 0.727 bits per heavy atom. The van der Waals surface area contributed by atoms with Crippen LogP contribution in [0.4, 0.5) is 48.3 Å². The second-order valence-corrected chi connectivity index (χ2v) is 8.74. The number of carbonyl (C=O) groups is 1. The molecule has 0 bridgehead atoms. The molecule has 0 radical (unpaired) electrons. The first-order valence-electron chi connectivity index (χ1n) is 9.14. The van der Waals surface area contributed by atoms with Crippen molar-refractivity contribution in [3.63, 3.8) is 0 Å². The van der Waals surface area contributed by atoms with Crippen LogP contribution in [-0.4, -0.2) is 71.4 Å². The van der Waals surface area contributed by atoms with Crippen LogP contribution in [0.25, 0.3) is 0 Å². The minimum absolute atomic E-state index is 0.0734. The van der Waals surface area contributed by atoms with Gasteiger partial charge in [0.15, 0.2) is 0 Å². The van der Waals surface area contributed by atoms with Gasteiger partial charge in [-0.2, -0.15) is 48.3 Å². The standard InChI is InChI=1S/C15H21F11O6Si/c1-4-29-33(30-5-2,31-6-3)9-7-8-28-10(27)11(16,13(19,20)21)32-15(25,26)12(17,18)14(22,23)24/h4-9H2,1-3H3. The van der Waals surface area contributed by atoms with Crippen LogP contribution in [0.3, 0.4) is 0 Å². The van der Waals surface area contributed by atoms with Gasteiger partial charge in [0.2, 0.25) is 0 Å². The Morgan fingerprint density at radius 3 is 1.48 bits per heavy atom. The van der Waals surface area contributed by atoms with Crippen molar-refractivity contribution in [2.75, 3.05) is 26.4 Å². The molecule has 0 aliphatic carbocycles. The van der Waals surface area contributed by atoms with Crippen LogP contribution < -0.4 is 0 Å². The lowest BCUT2D eigenvalue weighted by molar-refractivity contribution is -0.475. The molecule has 0 aliphatic heterocycles. The highest BCUT2D eigenvalue weighted by molar-refractivity contribution is 6.60. The van der Waals surface area contributed by atoms with Gasteiger partial charge in [0, 0.05) is 25.9 Å². The van der Waals surface area contributed by atoms with Gasteiger partial charge in [-0.1, -0.05) is 0 Å². The molecular weight excluding hydrogens is 513 g/mol. The van der Waals surface area contributed by atoms with E-state index >= 15 is 0 Å². The zero-order valence-electron chi connectivity index (χ0n) is 17.3. The molecule has 6 nitrogen and oxygen atoms in total. The Balaban J connectivity index is 5.52. The third kappa shape index (κ3) is 7.62. The summed E-state index contributed by atoms with van der Waals surface area (Å²) in [7, 11) is -3.42. The summed E-state index contributed by atoms with van der Waals surface area (Å²) < 4.78 is 163. The van der Waals surface area contributed by atoms with E-state index in [4.69, 9.17) is 13.3 Å². The number of halogens is 11. The highest BCUT2D eigenvalue weighted by atomic mass is 28.4. The molecule has 198 valence electrons. The van der Waals surface area contributed by atoms with Gasteiger partial charge in [0.25, 0.3) is 0 Å². The topological polar surface area (TPSA) is 63.2 Å². The molecule has 0 aromatic heterocycles. The number of ether oxygens (including phenoxy) is 2. The van der Waals surface area contributed by atoms with E-state index in [1.807, 2.05) is 0 Å². The van der Waals surface area contributed by atoms with E-state index in [0.29, 0.717) is 0 Å². The van der Waals surface area contributed by atoms with Crippen molar-refractivity contribution in [1.82, 2.24) is 0 Å². The maximum Gasteiger partial charge on any atom is 0.501 e. The molecule has 0 heterocycles. The predicted octanol–water partition coefficient (Wildman–Crippen LogP) is 5.00. The smallest absolute Gasteiger partial charge is 0.461 e. The zero-order chi connectivity index (χ0) is 26.4. The van der Waals surface area contributed by atoms with Crippen molar-refractivity contribution < 1.29 is 75.8 Å². The summed E-state index contributed by atoms with van der Waals surface area (Å²) in [6.07, 6.45) is -21.5. The van der Waals surface area contributed by atoms with E-state index < -0.39 is 58.0 Å². The Morgan fingerprint density at radius 2 is 1.15 bits per heavy atom. The molecule has 0 aromatic carbocycles. The first-order chi connectivity index (χ1) is 14.8. The number of rotatable bonds is 14. The molecule has 33 heavy (non-hydrogen) atoms. The van der Waals surface area contributed by atoms with Crippen molar-refractivity contribution in [1.29, 1.82) is 0 Å². The maximum absolute atomic E-state index is 14.1. The zero-order valence-corrected chi connectivity index (χ0v) is 18.3. The quantitative estimate of drug-likeness (QED) is 0.135. The van der Waals surface area contributed by atoms with Gasteiger partial charge in [-0.05, 0) is 27.2 Å². The Kier molecular flexibility index (Phi) is 11.0. The van der Waals surface area contributed by atoms with Crippen LogP contribution >= 0.6 is 0 Å². The number of alkyl halides is 11. The fraction of sp³-hybridized carbons (Fsp3) is 0.933. The molecular formula is C15H21F11O6Si. The van der Waals surface area contributed by atoms with E-state index in [-0.39, 0.29) is 25.9 Å². The molecule has 0 saturated carbocycles. The van der Waals surface area contributed by atoms with Gasteiger partial charge in [-0.25, -0.2) is 4.79 Å². The number of carbonyl (C=O) groups excluding carboxylic acids is 1. The van der Waals surface area contributed by atoms with Crippen LogP contribution in [-0.2, 0) is 27.5 Å². The largest absolute Gasteiger partial charge is 0.501 e. The van der Waals surface area contributed by atoms with E-state index in [2.05, 4.69) is 9.47 Å². The second-order valence-electron chi connectivity index (χ2n) is 6.01. The summed E-state index contributed by atoms with van der Waals surface area (Å²) in [6.45, 7) is 3.74. The fourth-order valence-electron chi connectivity index (χ4n) is 2.17. The summed E-state index contributed by atoms with van der Waals surface area (Å²) in [5.41, 5.74) is 0. The van der Waals surface area contributed by atoms with Crippen molar-refractivity contribution in [2.24, 2.45) is 0 Å². The minimum atomic E-state index is -7.28. The van der Waals surface area contributed by atoms with Gasteiger partial charge < -0.3 is 18.0 Å². The van der Waals surface area contributed by atoms with E-state index in [1.165, 1.54) is 0 Å². The fourth-order valence-corrected chi connectivity index (χ4v) is 4.75. The van der Waals surface area contributed by atoms with Crippen molar-refractivity contribution in [3.8, 4) is 0 Å². The van der Waals surface area contributed by atoms with Crippen LogP contribution in [0.15, 0.2) is 0 Å². The van der Waals surface area contributed by atoms with Gasteiger partial charge >= 0.3 is 45.0 Å². The highest BCUT2D eigenvalue weighted by Crippen LogP contribution is 2.51. The summed E-state index contributed by atoms with van der Waals surface area (Å²) in [5, 5.41) is 0. The Labute approximate surface area is 181 Å². The van der Waals surface area contributed by atoms with Crippen molar-refractivity contribution >= 4 is 14.8 Å². The molecule has 1 atom stereocenters. The lowest BCUT2D eigenvalue weighted by Crippen LogP contribution is -2.61. The summed E-state index contributed by atoms with van der Waals surface area (Å²) in [6, 6.07) is -0.218. The van der Waals surface area contributed by atoms with Gasteiger partial charge in [0.1, 0.15) is 0 Å². The molecule has 0 fully saturated rings. The van der Waals surface area contributed by atoms with E-state index in [1.54, 1.807) is 20.8 Å². The van der Waals surface area contributed by atoms with Gasteiger partial charge in [-0.3, -0.25) is 4.74 Å². The summed E-state index contributed by atoms with van der Waals surface area (Å²) in [5.74, 6) is -16.9. The average Bonchev–Trinajstić information content (AvgIpc) is 2.63. The van der Waals surface area contributed by atoms with Gasteiger partial charge in [0.05, 0.1) is 6.61 Å². The Hall–Kier alpha value is -1.24.